The van der Waals surface area contributed by atoms with E-state index in [1.165, 1.54) is 6.07 Å². The molecule has 0 radical (unpaired) electrons. The summed E-state index contributed by atoms with van der Waals surface area (Å²) in [6, 6.07) is 4.48. The van der Waals surface area contributed by atoms with Crippen LogP contribution in [0.4, 0.5) is 4.39 Å². The lowest BCUT2D eigenvalue weighted by Gasteiger charge is -2.06. The van der Waals surface area contributed by atoms with E-state index >= 15 is 0 Å². The molecule has 16 heavy (non-hydrogen) atoms. The summed E-state index contributed by atoms with van der Waals surface area (Å²) in [6.45, 7) is 1.91. The Balaban J connectivity index is 2.75. The standard InChI is InChI=1S/C11H13FN2OS/c1-2-10(15)14-6-8-4-3-7(11(13)16)5-9(8)12/h3-5H,2,6H2,1H3,(H2,13,16)(H,14,15). The van der Waals surface area contributed by atoms with Gasteiger partial charge in [0.1, 0.15) is 10.8 Å². The van der Waals surface area contributed by atoms with E-state index in [9.17, 15) is 9.18 Å². The normalized spacial score (nSPS) is 9.88. The van der Waals surface area contributed by atoms with Gasteiger partial charge in [-0.05, 0) is 6.07 Å². The molecule has 0 atom stereocenters. The maximum atomic E-state index is 13.5. The second-order valence-electron chi connectivity index (χ2n) is 3.30. The van der Waals surface area contributed by atoms with Crippen molar-refractivity contribution in [3.05, 3.63) is 35.1 Å². The first-order chi connectivity index (χ1) is 7.54. The van der Waals surface area contributed by atoms with Crippen LogP contribution in [0.3, 0.4) is 0 Å². The Hall–Kier alpha value is -1.49. The number of amides is 1. The Morgan fingerprint density at radius 2 is 2.25 bits per heavy atom. The number of carbonyl (C=O) groups is 1. The first kappa shape index (κ1) is 12.6. The van der Waals surface area contributed by atoms with Gasteiger partial charge in [0.2, 0.25) is 5.91 Å². The molecule has 0 fully saturated rings. The summed E-state index contributed by atoms with van der Waals surface area (Å²) in [4.78, 5) is 11.2. The summed E-state index contributed by atoms with van der Waals surface area (Å²) < 4.78 is 13.5. The van der Waals surface area contributed by atoms with Gasteiger partial charge in [0.25, 0.3) is 0 Å². The first-order valence-electron chi connectivity index (χ1n) is 4.89. The van der Waals surface area contributed by atoms with Gasteiger partial charge in [0.15, 0.2) is 0 Å². The quantitative estimate of drug-likeness (QED) is 0.784. The van der Waals surface area contributed by atoms with E-state index in [1.54, 1.807) is 19.1 Å². The van der Waals surface area contributed by atoms with Gasteiger partial charge < -0.3 is 11.1 Å². The van der Waals surface area contributed by atoms with Crippen LogP contribution in [0.2, 0.25) is 0 Å². The number of benzene rings is 1. The zero-order chi connectivity index (χ0) is 12.1. The summed E-state index contributed by atoms with van der Waals surface area (Å²) in [5.74, 6) is -0.528. The van der Waals surface area contributed by atoms with Crippen LogP contribution in [-0.4, -0.2) is 10.9 Å². The maximum absolute atomic E-state index is 13.5. The highest BCUT2D eigenvalue weighted by molar-refractivity contribution is 7.80. The van der Waals surface area contributed by atoms with Gasteiger partial charge in [-0.25, -0.2) is 4.39 Å². The molecule has 0 heterocycles. The fraction of sp³-hybridized carbons (Fsp3) is 0.273. The Morgan fingerprint density at radius 1 is 1.56 bits per heavy atom. The van der Waals surface area contributed by atoms with Crippen molar-refractivity contribution in [3.63, 3.8) is 0 Å². The molecule has 0 aliphatic rings. The molecule has 0 bridgehead atoms. The molecule has 3 nitrogen and oxygen atoms in total. The Bertz CT molecular complexity index is 420. The number of halogens is 1. The monoisotopic (exact) mass is 240 g/mol. The van der Waals surface area contributed by atoms with E-state index in [-0.39, 0.29) is 17.4 Å². The molecular formula is C11H13FN2OS. The highest BCUT2D eigenvalue weighted by atomic mass is 32.1. The van der Waals surface area contributed by atoms with Crippen molar-refractivity contribution in [2.45, 2.75) is 19.9 Å². The van der Waals surface area contributed by atoms with Crippen LogP contribution in [0.1, 0.15) is 24.5 Å². The summed E-state index contributed by atoms with van der Waals surface area (Å²) in [5, 5.41) is 2.60. The minimum absolute atomic E-state index is 0.113. The molecule has 86 valence electrons. The van der Waals surface area contributed by atoms with E-state index in [0.29, 0.717) is 17.5 Å². The SMILES string of the molecule is CCC(=O)NCc1ccc(C(N)=S)cc1F. The van der Waals surface area contributed by atoms with Crippen LogP contribution in [0.5, 0.6) is 0 Å². The molecule has 5 heteroatoms. The third kappa shape index (κ3) is 3.27. The molecule has 0 unspecified atom stereocenters. The van der Waals surface area contributed by atoms with E-state index in [2.05, 4.69) is 5.32 Å². The van der Waals surface area contributed by atoms with Gasteiger partial charge in [-0.15, -0.1) is 0 Å². The van der Waals surface area contributed by atoms with Gasteiger partial charge in [-0.2, -0.15) is 0 Å². The summed E-state index contributed by atoms with van der Waals surface area (Å²) in [6.07, 6.45) is 0.382. The second kappa shape index (κ2) is 5.55. The topological polar surface area (TPSA) is 55.1 Å². The van der Waals surface area contributed by atoms with Crippen molar-refractivity contribution >= 4 is 23.1 Å². The van der Waals surface area contributed by atoms with Crippen LogP contribution in [0.25, 0.3) is 0 Å². The predicted octanol–water partition coefficient (Wildman–Crippen LogP) is 1.49. The summed E-state index contributed by atoms with van der Waals surface area (Å²) in [5.41, 5.74) is 6.27. The molecule has 0 spiro atoms. The van der Waals surface area contributed by atoms with E-state index in [0.717, 1.165) is 0 Å². The van der Waals surface area contributed by atoms with Crippen molar-refractivity contribution in [1.29, 1.82) is 0 Å². The molecule has 1 aromatic rings. The maximum Gasteiger partial charge on any atom is 0.219 e. The summed E-state index contributed by atoms with van der Waals surface area (Å²) in [7, 11) is 0. The van der Waals surface area contributed by atoms with Crippen molar-refractivity contribution in [2.24, 2.45) is 5.73 Å². The highest BCUT2D eigenvalue weighted by Gasteiger charge is 2.06. The molecule has 0 aliphatic carbocycles. The number of carbonyl (C=O) groups excluding carboxylic acids is 1. The predicted molar refractivity (Wildman–Crippen MR) is 64.4 cm³/mol. The first-order valence-corrected chi connectivity index (χ1v) is 5.30. The molecule has 0 saturated heterocycles. The largest absolute Gasteiger partial charge is 0.389 e. The van der Waals surface area contributed by atoms with Gasteiger partial charge in [0, 0.05) is 24.1 Å². The molecule has 0 saturated carbocycles. The zero-order valence-electron chi connectivity index (χ0n) is 8.92. The van der Waals surface area contributed by atoms with Crippen LogP contribution in [-0.2, 0) is 11.3 Å². The lowest BCUT2D eigenvalue weighted by atomic mass is 10.1. The van der Waals surface area contributed by atoms with Gasteiger partial charge >= 0.3 is 0 Å². The molecule has 3 N–H and O–H groups in total. The second-order valence-corrected chi connectivity index (χ2v) is 3.74. The lowest BCUT2D eigenvalue weighted by Crippen LogP contribution is -2.22. The number of rotatable bonds is 4. The average molecular weight is 240 g/mol. The third-order valence-electron chi connectivity index (χ3n) is 2.13. The Labute approximate surface area is 98.8 Å². The number of nitrogens with one attached hydrogen (secondary N) is 1. The van der Waals surface area contributed by atoms with Crippen molar-refractivity contribution in [1.82, 2.24) is 5.32 Å². The van der Waals surface area contributed by atoms with E-state index in [1.807, 2.05) is 0 Å². The minimum Gasteiger partial charge on any atom is -0.389 e. The zero-order valence-corrected chi connectivity index (χ0v) is 9.73. The number of thiocarbonyl (C=S) groups is 1. The van der Waals surface area contributed by atoms with Crippen molar-refractivity contribution in [3.8, 4) is 0 Å². The van der Waals surface area contributed by atoms with Crippen LogP contribution in [0, 0.1) is 5.82 Å². The molecule has 1 aromatic carbocycles. The van der Waals surface area contributed by atoms with Crippen molar-refractivity contribution in [2.75, 3.05) is 0 Å². The van der Waals surface area contributed by atoms with E-state index in [4.69, 9.17) is 18.0 Å². The average Bonchev–Trinajstić information content (AvgIpc) is 2.26. The molecule has 0 aromatic heterocycles. The Morgan fingerprint density at radius 3 is 2.75 bits per heavy atom. The number of hydrogen-bond donors (Lipinski definition) is 2. The molecular weight excluding hydrogens is 227 g/mol. The van der Waals surface area contributed by atoms with Crippen LogP contribution >= 0.6 is 12.2 Å². The highest BCUT2D eigenvalue weighted by Crippen LogP contribution is 2.10. The fourth-order valence-electron chi connectivity index (χ4n) is 1.16. The smallest absolute Gasteiger partial charge is 0.219 e. The van der Waals surface area contributed by atoms with Gasteiger partial charge in [-0.1, -0.05) is 31.3 Å². The van der Waals surface area contributed by atoms with E-state index < -0.39 is 5.82 Å². The van der Waals surface area contributed by atoms with Crippen LogP contribution in [0.15, 0.2) is 18.2 Å². The minimum atomic E-state index is -0.415. The molecule has 1 amide bonds. The third-order valence-corrected chi connectivity index (χ3v) is 2.37. The van der Waals surface area contributed by atoms with Gasteiger partial charge in [-0.3, -0.25) is 4.79 Å². The number of nitrogens with two attached hydrogens (primary N) is 1. The Kier molecular flexibility index (Phi) is 4.37. The number of hydrogen-bond acceptors (Lipinski definition) is 2. The van der Waals surface area contributed by atoms with Crippen molar-refractivity contribution < 1.29 is 9.18 Å². The fourth-order valence-corrected chi connectivity index (χ4v) is 1.29. The van der Waals surface area contributed by atoms with Gasteiger partial charge in [0.05, 0.1) is 0 Å². The molecule has 0 aliphatic heterocycles. The molecule has 1 rings (SSSR count). The van der Waals surface area contributed by atoms with Crippen LogP contribution < -0.4 is 11.1 Å². The lowest BCUT2D eigenvalue weighted by molar-refractivity contribution is -0.120. The summed E-state index contributed by atoms with van der Waals surface area (Å²) >= 11 is 4.73.